The highest BCUT2D eigenvalue weighted by molar-refractivity contribution is 5.69. The third-order valence-corrected chi connectivity index (χ3v) is 5.13. The molecule has 0 rings (SSSR count). The maximum Gasteiger partial charge on any atom is 0.307 e. The first-order valence-corrected chi connectivity index (χ1v) is 12.2. The lowest BCUT2D eigenvalue weighted by Gasteiger charge is -2.35. The predicted molar refractivity (Wildman–Crippen MR) is 122 cm³/mol. The van der Waals surface area contributed by atoms with Gasteiger partial charge in [-0.15, -0.1) is 0 Å². The van der Waals surface area contributed by atoms with Crippen LogP contribution in [0.2, 0.25) is 0 Å². The molecule has 194 valence electrons. The fraction of sp³-hybridized carbons (Fsp3) is 0.875. The Hall–Kier alpha value is -1.71. The Morgan fingerprint density at radius 2 is 0.818 bits per heavy atom. The summed E-state index contributed by atoms with van der Waals surface area (Å²) in [6.45, 7) is 13.2. The summed E-state index contributed by atoms with van der Waals surface area (Å²) >= 11 is 0. The number of carbonyl (C=O) groups excluding carboxylic acids is 3. The molecule has 33 heavy (non-hydrogen) atoms. The summed E-state index contributed by atoms with van der Waals surface area (Å²) in [4.78, 5) is 35.1. The van der Waals surface area contributed by atoms with Crippen LogP contribution in [0.3, 0.4) is 0 Å². The number of carbonyl (C=O) groups is 3. The van der Waals surface area contributed by atoms with Crippen LogP contribution in [0.1, 0.15) is 93.4 Å². The van der Waals surface area contributed by atoms with Crippen molar-refractivity contribution in [3.8, 4) is 0 Å². The maximum atomic E-state index is 11.7. The molecule has 0 aromatic heterocycles. The van der Waals surface area contributed by atoms with Crippen molar-refractivity contribution in [2.45, 2.75) is 112 Å². The second-order valence-electron chi connectivity index (χ2n) is 7.83. The predicted octanol–water partition coefficient (Wildman–Crippen LogP) is 4.50. The average Bonchev–Trinajstić information content (AvgIpc) is 2.84. The largest absolute Gasteiger partial charge is 0.436 e. The summed E-state index contributed by atoms with van der Waals surface area (Å²) in [6, 6.07) is 0. The number of esters is 3. The van der Waals surface area contributed by atoms with Crippen LogP contribution in [0.5, 0.6) is 0 Å². The summed E-state index contributed by atoms with van der Waals surface area (Å²) < 4.78 is 33.8. The van der Waals surface area contributed by atoms with E-state index in [9.17, 15) is 14.4 Å². The van der Waals surface area contributed by atoms with Crippen LogP contribution in [0, 0.1) is 5.41 Å². The van der Waals surface area contributed by atoms with E-state index in [0.29, 0.717) is 25.7 Å². The van der Waals surface area contributed by atoms with Crippen molar-refractivity contribution >= 4 is 17.9 Å². The van der Waals surface area contributed by atoms with Gasteiger partial charge < -0.3 is 28.4 Å². The zero-order chi connectivity index (χ0) is 25.3. The molecule has 0 saturated heterocycles. The second kappa shape index (κ2) is 17.7. The standard InChI is InChI=1S/C24H44O9/c1-8-18(25)31-21(11-4)28-15-24(14-7,16-29-22(12-5)32-19(26)9-2)17-30-23(13-6)33-20(27)10-3/h21-23H,8-17H2,1-7H3. The van der Waals surface area contributed by atoms with Crippen molar-refractivity contribution in [3.05, 3.63) is 0 Å². The van der Waals surface area contributed by atoms with Crippen LogP contribution in [-0.2, 0) is 42.8 Å². The molecule has 0 fully saturated rings. The summed E-state index contributed by atoms with van der Waals surface area (Å²) in [5.41, 5.74) is -0.649. The van der Waals surface area contributed by atoms with Crippen molar-refractivity contribution in [1.82, 2.24) is 0 Å². The minimum Gasteiger partial charge on any atom is -0.436 e. The molecule has 0 aromatic rings. The minimum absolute atomic E-state index is 0.176. The third-order valence-electron chi connectivity index (χ3n) is 5.13. The molecule has 0 heterocycles. The first-order chi connectivity index (χ1) is 15.7. The van der Waals surface area contributed by atoms with Gasteiger partial charge in [-0.3, -0.25) is 14.4 Å². The molecule has 0 aliphatic carbocycles. The molecule has 0 aliphatic rings. The highest BCUT2D eigenvalue weighted by atomic mass is 16.7. The fourth-order valence-electron chi connectivity index (χ4n) is 2.64. The molecule has 0 aliphatic heterocycles. The lowest BCUT2D eigenvalue weighted by molar-refractivity contribution is -0.220. The Labute approximate surface area is 198 Å². The normalized spacial score (nSPS) is 15.7. The lowest BCUT2D eigenvalue weighted by Crippen LogP contribution is -2.41. The third kappa shape index (κ3) is 12.9. The Morgan fingerprint density at radius 3 is 1.00 bits per heavy atom. The molecule has 0 saturated carbocycles. The molecule has 3 unspecified atom stereocenters. The monoisotopic (exact) mass is 476 g/mol. The zero-order valence-electron chi connectivity index (χ0n) is 21.5. The van der Waals surface area contributed by atoms with Gasteiger partial charge in [0.2, 0.25) is 18.9 Å². The molecule has 0 aromatic carbocycles. The van der Waals surface area contributed by atoms with Gasteiger partial charge in [0.25, 0.3) is 0 Å². The van der Waals surface area contributed by atoms with Gasteiger partial charge in [0, 0.05) is 43.9 Å². The van der Waals surface area contributed by atoms with Gasteiger partial charge >= 0.3 is 17.9 Å². The van der Waals surface area contributed by atoms with Gasteiger partial charge in [-0.2, -0.15) is 0 Å². The zero-order valence-corrected chi connectivity index (χ0v) is 21.5. The summed E-state index contributed by atoms with van der Waals surface area (Å²) in [5.74, 6) is -1.02. The van der Waals surface area contributed by atoms with Crippen LogP contribution in [0.15, 0.2) is 0 Å². The van der Waals surface area contributed by atoms with Crippen LogP contribution in [0.25, 0.3) is 0 Å². The molecule has 9 heteroatoms. The van der Waals surface area contributed by atoms with Gasteiger partial charge in [-0.25, -0.2) is 0 Å². The number of rotatable bonds is 19. The number of hydrogen-bond donors (Lipinski definition) is 0. The van der Waals surface area contributed by atoms with Gasteiger partial charge in [-0.05, 0) is 6.42 Å². The summed E-state index contributed by atoms with van der Waals surface area (Å²) in [7, 11) is 0. The molecule has 0 spiro atoms. The molecule has 9 nitrogen and oxygen atoms in total. The summed E-state index contributed by atoms with van der Waals surface area (Å²) in [5, 5.41) is 0. The van der Waals surface area contributed by atoms with Crippen molar-refractivity contribution in [2.75, 3.05) is 19.8 Å². The van der Waals surface area contributed by atoms with Crippen molar-refractivity contribution in [2.24, 2.45) is 5.41 Å². The van der Waals surface area contributed by atoms with Gasteiger partial charge in [0.15, 0.2) is 0 Å². The minimum atomic E-state index is -0.692. The average molecular weight is 477 g/mol. The Kier molecular flexibility index (Phi) is 16.8. The molecule has 0 amide bonds. The van der Waals surface area contributed by atoms with Crippen LogP contribution in [0.4, 0.5) is 0 Å². The van der Waals surface area contributed by atoms with E-state index in [-0.39, 0.29) is 57.0 Å². The van der Waals surface area contributed by atoms with E-state index in [1.807, 2.05) is 27.7 Å². The highest BCUT2D eigenvalue weighted by Gasteiger charge is 2.34. The fourth-order valence-corrected chi connectivity index (χ4v) is 2.64. The maximum absolute atomic E-state index is 11.7. The molecular weight excluding hydrogens is 432 g/mol. The van der Waals surface area contributed by atoms with Crippen molar-refractivity contribution in [1.29, 1.82) is 0 Å². The van der Waals surface area contributed by atoms with E-state index in [1.165, 1.54) is 0 Å². The number of ether oxygens (including phenoxy) is 6. The van der Waals surface area contributed by atoms with Gasteiger partial charge in [0.05, 0.1) is 19.8 Å². The van der Waals surface area contributed by atoms with E-state index in [4.69, 9.17) is 28.4 Å². The molecule has 3 atom stereocenters. The first kappa shape index (κ1) is 31.3. The van der Waals surface area contributed by atoms with E-state index >= 15 is 0 Å². The first-order valence-electron chi connectivity index (χ1n) is 12.2. The van der Waals surface area contributed by atoms with Gasteiger partial charge in [0.1, 0.15) is 0 Å². The smallest absolute Gasteiger partial charge is 0.307 e. The van der Waals surface area contributed by atoms with Gasteiger partial charge in [-0.1, -0.05) is 48.5 Å². The Bertz CT molecular complexity index is 490. The van der Waals surface area contributed by atoms with Crippen LogP contribution < -0.4 is 0 Å². The quantitative estimate of drug-likeness (QED) is 0.151. The molecule has 0 radical (unpaired) electrons. The molecular formula is C24H44O9. The molecule has 0 N–H and O–H groups in total. The Morgan fingerprint density at radius 1 is 0.545 bits per heavy atom. The molecule has 0 bridgehead atoms. The SMILES string of the molecule is CCC(=O)OC(CC)OCC(CC)(COC(CC)OC(=O)CC)COC(CC)OC(=O)CC. The van der Waals surface area contributed by atoms with Crippen LogP contribution in [-0.4, -0.2) is 56.6 Å². The Balaban J connectivity index is 5.41. The van der Waals surface area contributed by atoms with E-state index in [1.54, 1.807) is 20.8 Å². The number of hydrogen-bond acceptors (Lipinski definition) is 9. The lowest BCUT2D eigenvalue weighted by atomic mass is 9.88. The van der Waals surface area contributed by atoms with Crippen molar-refractivity contribution in [3.63, 3.8) is 0 Å². The topological polar surface area (TPSA) is 107 Å². The van der Waals surface area contributed by atoms with E-state index in [2.05, 4.69) is 0 Å². The van der Waals surface area contributed by atoms with E-state index in [0.717, 1.165) is 0 Å². The summed E-state index contributed by atoms with van der Waals surface area (Å²) in [6.07, 6.45) is 0.767. The second-order valence-corrected chi connectivity index (χ2v) is 7.83. The van der Waals surface area contributed by atoms with Crippen LogP contribution >= 0.6 is 0 Å². The highest BCUT2D eigenvalue weighted by Crippen LogP contribution is 2.27. The van der Waals surface area contributed by atoms with E-state index < -0.39 is 24.3 Å². The van der Waals surface area contributed by atoms with Crippen molar-refractivity contribution < 1.29 is 42.8 Å².